The van der Waals surface area contributed by atoms with Crippen molar-refractivity contribution in [3.63, 3.8) is 0 Å². The van der Waals surface area contributed by atoms with Crippen molar-refractivity contribution in [3.05, 3.63) is 59.7 Å². The van der Waals surface area contributed by atoms with Gasteiger partial charge in [-0.25, -0.2) is 9.59 Å². The molecular weight excluding hydrogens is 398 g/mol. The largest absolute Gasteiger partial charge is 0.493 e. The van der Waals surface area contributed by atoms with Crippen LogP contribution in [-0.2, 0) is 14.3 Å². The number of hydrogen-bond donors (Lipinski definition) is 1. The zero-order valence-corrected chi connectivity index (χ0v) is 18.2. The lowest BCUT2D eigenvalue weighted by Crippen LogP contribution is -2.21. The fourth-order valence-electron chi connectivity index (χ4n) is 2.44. The molecule has 0 saturated heterocycles. The Balaban J connectivity index is 1.78. The molecule has 31 heavy (non-hydrogen) atoms. The van der Waals surface area contributed by atoms with E-state index >= 15 is 0 Å². The minimum Gasteiger partial charge on any atom is -0.493 e. The first kappa shape index (κ1) is 23.9. The number of benzene rings is 2. The van der Waals surface area contributed by atoms with Crippen LogP contribution in [0, 0.1) is 5.92 Å². The lowest BCUT2D eigenvalue weighted by Gasteiger charge is -2.10. The molecule has 1 N–H and O–H groups in total. The molecule has 0 bridgehead atoms. The van der Waals surface area contributed by atoms with Gasteiger partial charge in [-0.05, 0) is 60.9 Å². The molecule has 0 aliphatic carbocycles. The predicted molar refractivity (Wildman–Crippen MR) is 117 cm³/mol. The molecule has 0 heterocycles. The Hall–Kier alpha value is -3.35. The number of esters is 2. The molecule has 0 aliphatic rings. The van der Waals surface area contributed by atoms with E-state index in [1.54, 1.807) is 48.5 Å². The topological polar surface area (TPSA) is 90.9 Å². The van der Waals surface area contributed by atoms with Crippen LogP contribution in [0.25, 0.3) is 0 Å². The molecule has 1 amide bonds. The molecule has 0 unspecified atom stereocenters. The SMILES string of the molecule is CCCCOC(=O)c1ccc(NC(=O)COC(=O)c2ccc(OCC(C)C)cc2)cc1. The molecule has 0 fully saturated rings. The highest BCUT2D eigenvalue weighted by atomic mass is 16.5. The maximum atomic E-state index is 12.1. The van der Waals surface area contributed by atoms with E-state index in [4.69, 9.17) is 14.2 Å². The molecule has 7 heteroatoms. The monoisotopic (exact) mass is 427 g/mol. The van der Waals surface area contributed by atoms with Crippen LogP contribution in [-0.4, -0.2) is 37.7 Å². The Kier molecular flexibility index (Phi) is 9.55. The number of unbranched alkanes of at least 4 members (excludes halogenated alkanes) is 1. The van der Waals surface area contributed by atoms with Gasteiger partial charge < -0.3 is 19.5 Å². The van der Waals surface area contributed by atoms with Crippen molar-refractivity contribution >= 4 is 23.5 Å². The van der Waals surface area contributed by atoms with Gasteiger partial charge in [0.1, 0.15) is 5.75 Å². The van der Waals surface area contributed by atoms with E-state index in [9.17, 15) is 14.4 Å². The summed E-state index contributed by atoms with van der Waals surface area (Å²) in [6.07, 6.45) is 1.76. The van der Waals surface area contributed by atoms with E-state index in [-0.39, 0.29) is 0 Å². The molecule has 166 valence electrons. The number of nitrogens with one attached hydrogen (secondary N) is 1. The zero-order chi connectivity index (χ0) is 22.6. The number of carbonyl (C=O) groups excluding carboxylic acids is 3. The normalized spacial score (nSPS) is 10.5. The first-order chi connectivity index (χ1) is 14.9. The Bertz CT molecular complexity index is 859. The smallest absolute Gasteiger partial charge is 0.338 e. The summed E-state index contributed by atoms with van der Waals surface area (Å²) < 4.78 is 15.8. The van der Waals surface area contributed by atoms with Gasteiger partial charge in [0, 0.05) is 5.69 Å². The average molecular weight is 427 g/mol. The molecular formula is C24H29NO6. The van der Waals surface area contributed by atoms with E-state index in [2.05, 4.69) is 5.32 Å². The molecule has 2 rings (SSSR count). The lowest BCUT2D eigenvalue weighted by atomic mass is 10.2. The number of anilines is 1. The highest BCUT2D eigenvalue weighted by molar-refractivity contribution is 5.96. The second-order valence-corrected chi connectivity index (χ2v) is 7.42. The number of carbonyl (C=O) groups is 3. The van der Waals surface area contributed by atoms with E-state index in [0.29, 0.717) is 41.7 Å². The summed E-state index contributed by atoms with van der Waals surface area (Å²) in [6, 6.07) is 12.9. The van der Waals surface area contributed by atoms with Crippen LogP contribution >= 0.6 is 0 Å². The van der Waals surface area contributed by atoms with Gasteiger partial charge in [0.15, 0.2) is 6.61 Å². The lowest BCUT2D eigenvalue weighted by molar-refractivity contribution is -0.119. The van der Waals surface area contributed by atoms with E-state index in [1.807, 2.05) is 20.8 Å². The van der Waals surface area contributed by atoms with Crippen molar-refractivity contribution in [1.29, 1.82) is 0 Å². The van der Waals surface area contributed by atoms with Crippen molar-refractivity contribution in [3.8, 4) is 5.75 Å². The van der Waals surface area contributed by atoms with Gasteiger partial charge in [0.25, 0.3) is 5.91 Å². The summed E-state index contributed by atoms with van der Waals surface area (Å²) >= 11 is 0. The van der Waals surface area contributed by atoms with Gasteiger partial charge in [-0.3, -0.25) is 4.79 Å². The fraction of sp³-hybridized carbons (Fsp3) is 0.375. The van der Waals surface area contributed by atoms with Crippen molar-refractivity contribution in [2.75, 3.05) is 25.1 Å². The summed E-state index contributed by atoms with van der Waals surface area (Å²) in [4.78, 5) is 36.0. The van der Waals surface area contributed by atoms with Crippen molar-refractivity contribution in [1.82, 2.24) is 0 Å². The highest BCUT2D eigenvalue weighted by Gasteiger charge is 2.12. The summed E-state index contributed by atoms with van der Waals surface area (Å²) in [5, 5.41) is 2.62. The first-order valence-electron chi connectivity index (χ1n) is 10.4. The van der Waals surface area contributed by atoms with E-state index < -0.39 is 24.5 Å². The Morgan fingerprint density at radius 1 is 0.871 bits per heavy atom. The molecule has 0 spiro atoms. The quantitative estimate of drug-likeness (QED) is 0.420. The summed E-state index contributed by atoms with van der Waals surface area (Å²) in [5.41, 5.74) is 1.22. The number of rotatable bonds is 11. The van der Waals surface area contributed by atoms with Gasteiger partial charge >= 0.3 is 11.9 Å². The van der Waals surface area contributed by atoms with E-state index in [0.717, 1.165) is 12.8 Å². The van der Waals surface area contributed by atoms with Crippen LogP contribution in [0.3, 0.4) is 0 Å². The third-order valence-electron chi connectivity index (χ3n) is 4.14. The molecule has 0 saturated carbocycles. The Labute approximate surface area is 182 Å². The molecule has 0 radical (unpaired) electrons. The van der Waals surface area contributed by atoms with E-state index in [1.165, 1.54) is 0 Å². The van der Waals surface area contributed by atoms with Gasteiger partial charge in [-0.1, -0.05) is 27.2 Å². The van der Waals surface area contributed by atoms with Gasteiger partial charge in [0.2, 0.25) is 0 Å². The molecule has 2 aromatic rings. The maximum Gasteiger partial charge on any atom is 0.338 e. The third kappa shape index (κ3) is 8.50. The van der Waals surface area contributed by atoms with Crippen LogP contribution in [0.4, 0.5) is 5.69 Å². The van der Waals surface area contributed by atoms with Crippen LogP contribution in [0.5, 0.6) is 5.75 Å². The zero-order valence-electron chi connectivity index (χ0n) is 18.2. The standard InChI is InChI=1S/C24H29NO6/c1-4-5-14-29-23(27)18-6-10-20(11-7-18)25-22(26)16-31-24(28)19-8-12-21(13-9-19)30-15-17(2)3/h6-13,17H,4-5,14-16H2,1-3H3,(H,25,26). The van der Waals surface area contributed by atoms with Crippen LogP contribution < -0.4 is 10.1 Å². The average Bonchev–Trinajstić information content (AvgIpc) is 2.77. The number of ether oxygens (including phenoxy) is 3. The predicted octanol–water partition coefficient (Wildman–Crippen LogP) is 4.47. The maximum absolute atomic E-state index is 12.1. The van der Waals surface area contributed by atoms with Crippen LogP contribution in [0.2, 0.25) is 0 Å². The minimum atomic E-state index is -0.601. The minimum absolute atomic E-state index is 0.329. The van der Waals surface area contributed by atoms with Crippen LogP contribution in [0.1, 0.15) is 54.3 Å². The fourth-order valence-corrected chi connectivity index (χ4v) is 2.44. The third-order valence-corrected chi connectivity index (χ3v) is 4.14. The molecule has 0 aromatic heterocycles. The van der Waals surface area contributed by atoms with Crippen molar-refractivity contribution in [2.45, 2.75) is 33.6 Å². The van der Waals surface area contributed by atoms with Gasteiger partial charge in [0.05, 0.1) is 24.3 Å². The van der Waals surface area contributed by atoms with Gasteiger partial charge in [-0.15, -0.1) is 0 Å². The summed E-state index contributed by atoms with van der Waals surface area (Å²) in [7, 11) is 0. The molecule has 2 aromatic carbocycles. The molecule has 0 aliphatic heterocycles. The van der Waals surface area contributed by atoms with Crippen LogP contribution in [0.15, 0.2) is 48.5 Å². The first-order valence-corrected chi connectivity index (χ1v) is 10.4. The highest BCUT2D eigenvalue weighted by Crippen LogP contribution is 2.14. The number of amides is 1. The second kappa shape index (κ2) is 12.4. The number of hydrogen-bond acceptors (Lipinski definition) is 6. The van der Waals surface area contributed by atoms with Crippen molar-refractivity contribution < 1.29 is 28.6 Å². The van der Waals surface area contributed by atoms with Gasteiger partial charge in [-0.2, -0.15) is 0 Å². The molecule has 7 nitrogen and oxygen atoms in total. The summed E-state index contributed by atoms with van der Waals surface area (Å²) in [6.45, 7) is 6.66. The summed E-state index contributed by atoms with van der Waals surface area (Å²) in [5.74, 6) is -0.417. The second-order valence-electron chi connectivity index (χ2n) is 7.42. The Morgan fingerprint density at radius 2 is 1.45 bits per heavy atom. The van der Waals surface area contributed by atoms with Crippen molar-refractivity contribution in [2.24, 2.45) is 5.92 Å². The Morgan fingerprint density at radius 3 is 2.03 bits per heavy atom. The molecule has 0 atom stereocenters.